The minimum absolute atomic E-state index is 0. The molecule has 1 aliphatic heterocycles. The fourth-order valence-corrected chi connectivity index (χ4v) is 2.86. The number of aryl methyl sites for hydroxylation is 1. The molecule has 1 aliphatic rings. The van der Waals surface area contributed by atoms with Crippen molar-refractivity contribution in [1.29, 1.82) is 0 Å². The summed E-state index contributed by atoms with van der Waals surface area (Å²) in [5.41, 5.74) is 7.62. The molecule has 0 aromatic heterocycles. The summed E-state index contributed by atoms with van der Waals surface area (Å²) in [6, 6.07) is 5.27. The van der Waals surface area contributed by atoms with Crippen LogP contribution in [-0.2, 0) is 4.79 Å². The smallest absolute Gasteiger partial charge is 0.241 e. The molecule has 1 heterocycles. The third-order valence-electron chi connectivity index (χ3n) is 4.24. The molecule has 1 amide bonds. The molecule has 0 saturated carbocycles. The minimum Gasteiger partial charge on any atom is -0.492 e. The highest BCUT2D eigenvalue weighted by molar-refractivity contribution is 5.94. The van der Waals surface area contributed by atoms with Crippen LogP contribution in [-0.4, -0.2) is 43.1 Å². The van der Waals surface area contributed by atoms with E-state index in [0.29, 0.717) is 13.0 Å². The first-order valence-corrected chi connectivity index (χ1v) is 8.62. The van der Waals surface area contributed by atoms with Gasteiger partial charge in [-0.25, -0.2) is 0 Å². The van der Waals surface area contributed by atoms with E-state index in [2.05, 4.69) is 10.2 Å². The topological polar surface area (TPSA) is 67.6 Å². The number of anilines is 1. The second kappa shape index (κ2) is 10.5. The van der Waals surface area contributed by atoms with Crippen molar-refractivity contribution < 1.29 is 9.53 Å². The van der Waals surface area contributed by atoms with Gasteiger partial charge in [-0.3, -0.25) is 9.69 Å². The van der Waals surface area contributed by atoms with Gasteiger partial charge in [-0.15, -0.1) is 12.4 Å². The van der Waals surface area contributed by atoms with Crippen molar-refractivity contribution >= 4 is 24.0 Å². The zero-order valence-electron chi connectivity index (χ0n) is 14.7. The van der Waals surface area contributed by atoms with Gasteiger partial charge in [-0.2, -0.15) is 0 Å². The molecule has 1 aromatic carbocycles. The fourth-order valence-electron chi connectivity index (χ4n) is 2.86. The highest BCUT2D eigenvalue weighted by Gasteiger charge is 2.13. The molecule has 1 atom stereocenters. The molecule has 6 heteroatoms. The van der Waals surface area contributed by atoms with Crippen LogP contribution in [0, 0.1) is 6.92 Å². The molecular formula is C18H30ClN3O2. The largest absolute Gasteiger partial charge is 0.492 e. The molecule has 136 valence electrons. The SMILES string of the molecule is CCCC(N)C(=O)Nc1ccc(OCCN2CCCC2)c(C)c1.Cl. The summed E-state index contributed by atoms with van der Waals surface area (Å²) in [6.07, 6.45) is 4.20. The summed E-state index contributed by atoms with van der Waals surface area (Å²) in [7, 11) is 0. The lowest BCUT2D eigenvalue weighted by molar-refractivity contribution is -0.117. The van der Waals surface area contributed by atoms with Crippen molar-refractivity contribution in [1.82, 2.24) is 4.90 Å². The monoisotopic (exact) mass is 355 g/mol. The Labute approximate surface area is 151 Å². The van der Waals surface area contributed by atoms with E-state index in [9.17, 15) is 4.79 Å². The number of carbonyl (C=O) groups is 1. The standard InChI is InChI=1S/C18H29N3O2.ClH/c1-3-6-16(19)18(22)20-15-7-8-17(14(2)13-15)23-12-11-21-9-4-5-10-21;/h7-8,13,16H,3-6,9-12,19H2,1-2H3,(H,20,22);1H. The van der Waals surface area contributed by atoms with Crippen molar-refractivity contribution in [3.05, 3.63) is 23.8 Å². The normalized spacial score (nSPS) is 15.6. The van der Waals surface area contributed by atoms with Crippen LogP contribution < -0.4 is 15.8 Å². The number of halogens is 1. The van der Waals surface area contributed by atoms with E-state index >= 15 is 0 Å². The van der Waals surface area contributed by atoms with Gasteiger partial charge >= 0.3 is 0 Å². The van der Waals surface area contributed by atoms with Crippen LogP contribution >= 0.6 is 12.4 Å². The maximum atomic E-state index is 11.9. The Balaban J connectivity index is 0.00000288. The number of likely N-dealkylation sites (tertiary alicyclic amines) is 1. The van der Waals surface area contributed by atoms with Crippen molar-refractivity contribution in [2.45, 2.75) is 45.6 Å². The molecule has 0 bridgehead atoms. The molecule has 2 rings (SSSR count). The van der Waals surface area contributed by atoms with E-state index < -0.39 is 6.04 Å². The number of rotatable bonds is 8. The summed E-state index contributed by atoms with van der Waals surface area (Å²) < 4.78 is 5.87. The van der Waals surface area contributed by atoms with Crippen LogP contribution in [0.15, 0.2) is 18.2 Å². The van der Waals surface area contributed by atoms with E-state index in [-0.39, 0.29) is 18.3 Å². The summed E-state index contributed by atoms with van der Waals surface area (Å²) >= 11 is 0. The summed E-state index contributed by atoms with van der Waals surface area (Å²) in [6.45, 7) is 8.06. The maximum Gasteiger partial charge on any atom is 0.241 e. The molecule has 0 radical (unpaired) electrons. The van der Waals surface area contributed by atoms with Crippen molar-refractivity contribution in [2.75, 3.05) is 31.6 Å². The number of nitrogens with two attached hydrogens (primary N) is 1. The van der Waals surface area contributed by atoms with Gasteiger partial charge in [0.15, 0.2) is 0 Å². The van der Waals surface area contributed by atoms with Crippen molar-refractivity contribution in [2.24, 2.45) is 5.73 Å². The maximum absolute atomic E-state index is 11.9. The molecule has 0 aliphatic carbocycles. The van der Waals surface area contributed by atoms with Crippen molar-refractivity contribution in [3.63, 3.8) is 0 Å². The Kier molecular flexibility index (Phi) is 9.11. The Morgan fingerprint density at radius 3 is 2.71 bits per heavy atom. The van der Waals surface area contributed by atoms with Crippen LogP contribution in [0.1, 0.15) is 38.2 Å². The van der Waals surface area contributed by atoms with Crippen LogP contribution in [0.4, 0.5) is 5.69 Å². The summed E-state index contributed by atoms with van der Waals surface area (Å²) in [4.78, 5) is 14.4. The molecule has 3 N–H and O–H groups in total. The van der Waals surface area contributed by atoms with Gasteiger partial charge < -0.3 is 15.8 Å². The average Bonchev–Trinajstić information content (AvgIpc) is 3.03. The summed E-state index contributed by atoms with van der Waals surface area (Å²) in [5.74, 6) is 0.744. The zero-order chi connectivity index (χ0) is 16.7. The fraction of sp³-hybridized carbons (Fsp3) is 0.611. The van der Waals surface area contributed by atoms with Gasteiger partial charge in [-0.1, -0.05) is 13.3 Å². The number of nitrogens with zero attached hydrogens (tertiary/aromatic N) is 1. The first kappa shape index (κ1) is 20.7. The quantitative estimate of drug-likeness (QED) is 0.752. The van der Waals surface area contributed by atoms with Gasteiger partial charge in [0.2, 0.25) is 5.91 Å². The number of hydrogen-bond acceptors (Lipinski definition) is 4. The number of nitrogens with one attached hydrogen (secondary N) is 1. The van der Waals surface area contributed by atoms with E-state index in [1.165, 1.54) is 25.9 Å². The van der Waals surface area contributed by atoms with Crippen LogP contribution in [0.3, 0.4) is 0 Å². The number of amides is 1. The van der Waals surface area contributed by atoms with Gasteiger partial charge in [-0.05, 0) is 63.0 Å². The molecule has 1 fully saturated rings. The average molecular weight is 356 g/mol. The first-order valence-electron chi connectivity index (χ1n) is 8.62. The molecular weight excluding hydrogens is 326 g/mol. The number of benzene rings is 1. The van der Waals surface area contributed by atoms with Gasteiger partial charge in [0.05, 0.1) is 6.04 Å². The molecule has 1 aromatic rings. The third-order valence-corrected chi connectivity index (χ3v) is 4.24. The van der Waals surface area contributed by atoms with Gasteiger partial charge in [0.25, 0.3) is 0 Å². The molecule has 1 saturated heterocycles. The van der Waals surface area contributed by atoms with E-state index in [1.54, 1.807) is 0 Å². The van der Waals surface area contributed by atoms with Crippen molar-refractivity contribution in [3.8, 4) is 5.75 Å². The minimum atomic E-state index is -0.448. The number of ether oxygens (including phenoxy) is 1. The van der Waals surface area contributed by atoms with Gasteiger partial charge in [0, 0.05) is 12.2 Å². The van der Waals surface area contributed by atoms with E-state index in [1.807, 2.05) is 32.0 Å². The Morgan fingerprint density at radius 2 is 2.08 bits per heavy atom. The zero-order valence-corrected chi connectivity index (χ0v) is 15.5. The second-order valence-electron chi connectivity index (χ2n) is 6.26. The van der Waals surface area contributed by atoms with Crippen LogP contribution in [0.5, 0.6) is 5.75 Å². The van der Waals surface area contributed by atoms with E-state index in [0.717, 1.165) is 30.0 Å². The molecule has 5 nitrogen and oxygen atoms in total. The third kappa shape index (κ3) is 6.30. The predicted molar refractivity (Wildman–Crippen MR) is 101 cm³/mol. The number of carbonyl (C=O) groups excluding carboxylic acids is 1. The lowest BCUT2D eigenvalue weighted by Gasteiger charge is -2.16. The lowest BCUT2D eigenvalue weighted by Crippen LogP contribution is -2.35. The van der Waals surface area contributed by atoms with Crippen LogP contribution in [0.2, 0.25) is 0 Å². The second-order valence-corrected chi connectivity index (χ2v) is 6.26. The lowest BCUT2D eigenvalue weighted by atomic mass is 10.1. The highest BCUT2D eigenvalue weighted by atomic mass is 35.5. The van der Waals surface area contributed by atoms with Crippen LogP contribution in [0.25, 0.3) is 0 Å². The Bertz CT molecular complexity index is 519. The highest BCUT2D eigenvalue weighted by Crippen LogP contribution is 2.22. The number of hydrogen-bond donors (Lipinski definition) is 2. The summed E-state index contributed by atoms with van der Waals surface area (Å²) in [5, 5.41) is 2.87. The predicted octanol–water partition coefficient (Wildman–Crippen LogP) is 2.96. The molecule has 0 spiro atoms. The molecule has 24 heavy (non-hydrogen) atoms. The Hall–Kier alpha value is -1.30. The Morgan fingerprint density at radius 1 is 1.38 bits per heavy atom. The first-order chi connectivity index (χ1) is 11.1. The molecule has 1 unspecified atom stereocenters. The van der Waals surface area contributed by atoms with Gasteiger partial charge in [0.1, 0.15) is 12.4 Å². The van der Waals surface area contributed by atoms with E-state index in [4.69, 9.17) is 10.5 Å².